The first kappa shape index (κ1) is 26.5. The van der Waals surface area contributed by atoms with Crippen LogP contribution in [0.2, 0.25) is 0 Å². The molecule has 0 aliphatic carbocycles. The number of hydrogen-bond donors (Lipinski definition) is 1. The van der Waals surface area contributed by atoms with E-state index in [1.165, 1.54) is 12.5 Å². The lowest BCUT2D eigenvalue weighted by Gasteiger charge is -2.26. The Morgan fingerprint density at radius 3 is 2.69 bits per heavy atom. The number of carbonyl (C=O) groups excluding carboxylic acids is 1. The second-order valence-electron chi connectivity index (χ2n) is 8.98. The number of benzene rings is 1. The highest BCUT2D eigenvalue weighted by molar-refractivity contribution is 7.86. The number of carbonyl (C=O) groups is 1. The molecule has 4 aromatic rings. The van der Waals surface area contributed by atoms with Gasteiger partial charge in [-0.05, 0) is 24.1 Å². The van der Waals surface area contributed by atoms with Gasteiger partial charge in [0.15, 0.2) is 11.2 Å². The van der Waals surface area contributed by atoms with Crippen molar-refractivity contribution in [3.05, 3.63) is 64.5 Å². The Balaban J connectivity index is 1.25. The third-order valence-corrected chi connectivity index (χ3v) is 6.45. The zero-order valence-electron chi connectivity index (χ0n) is 21.1. The van der Waals surface area contributed by atoms with Crippen LogP contribution in [-0.4, -0.2) is 94.3 Å². The molecular formula is C24H27N7O7S. The van der Waals surface area contributed by atoms with Gasteiger partial charge in [0.05, 0.1) is 50.7 Å². The third kappa shape index (κ3) is 6.68. The number of hydrogen-bond acceptors (Lipinski definition) is 11. The van der Waals surface area contributed by atoms with Gasteiger partial charge in [-0.1, -0.05) is 12.1 Å². The maximum atomic E-state index is 12.6. The minimum atomic E-state index is -3.99. The summed E-state index contributed by atoms with van der Waals surface area (Å²) < 4.78 is 40.9. The fourth-order valence-electron chi connectivity index (χ4n) is 4.09. The van der Waals surface area contributed by atoms with Crippen molar-refractivity contribution < 1.29 is 26.9 Å². The number of rotatable bonds is 10. The highest BCUT2D eigenvalue weighted by Gasteiger charge is 2.18. The van der Waals surface area contributed by atoms with E-state index in [9.17, 15) is 18.0 Å². The maximum absolute atomic E-state index is 12.6. The second-order valence-corrected chi connectivity index (χ2v) is 10.6. The Morgan fingerprint density at radius 1 is 1.18 bits per heavy atom. The van der Waals surface area contributed by atoms with E-state index in [0.717, 1.165) is 67.7 Å². The van der Waals surface area contributed by atoms with E-state index in [1.54, 1.807) is 4.57 Å². The number of nitrogens with one attached hydrogen (secondary N) is 1. The summed E-state index contributed by atoms with van der Waals surface area (Å²) in [5, 5.41) is 3.99. The largest absolute Gasteiger partial charge is 0.494 e. The summed E-state index contributed by atoms with van der Waals surface area (Å²) in [4.78, 5) is 38.2. The molecule has 39 heavy (non-hydrogen) atoms. The van der Waals surface area contributed by atoms with Crippen molar-refractivity contribution in [1.29, 1.82) is 0 Å². The molecule has 4 heterocycles. The average Bonchev–Trinajstić information content (AvgIpc) is 3.56. The molecular weight excluding hydrogens is 530 g/mol. The first-order chi connectivity index (χ1) is 18.7. The summed E-state index contributed by atoms with van der Waals surface area (Å²) in [6.45, 7) is 5.50. The van der Waals surface area contributed by atoms with Gasteiger partial charge < -0.3 is 18.2 Å². The van der Waals surface area contributed by atoms with Crippen LogP contribution in [0.25, 0.3) is 17.1 Å². The Bertz CT molecular complexity index is 1620. The zero-order chi connectivity index (χ0) is 27.4. The number of aromatic nitrogens is 6. The molecule has 0 atom stereocenters. The Morgan fingerprint density at radius 2 is 1.95 bits per heavy atom. The number of fused-ring (bicyclic) bond motifs is 1. The Hall–Kier alpha value is -4.08. The number of morpholine rings is 1. The van der Waals surface area contributed by atoms with Gasteiger partial charge in [-0.3, -0.25) is 14.7 Å². The summed E-state index contributed by atoms with van der Waals surface area (Å²) in [6.07, 6.45) is 5.53. The molecule has 3 aromatic heterocycles. The molecule has 206 valence electrons. The molecule has 1 N–H and O–H groups in total. The van der Waals surface area contributed by atoms with Gasteiger partial charge in [0.25, 0.3) is 5.56 Å². The third-order valence-electron chi connectivity index (χ3n) is 5.99. The summed E-state index contributed by atoms with van der Waals surface area (Å²) in [7, 11) is -3.99. The molecule has 1 aromatic carbocycles. The monoisotopic (exact) mass is 557 g/mol. The van der Waals surface area contributed by atoms with Crippen LogP contribution in [0.3, 0.4) is 0 Å². The summed E-state index contributed by atoms with van der Waals surface area (Å²) in [5.74, 6) is -0.299. The number of nitrogens with zero attached hydrogens (tertiary/aromatic N) is 6. The van der Waals surface area contributed by atoms with Gasteiger partial charge >= 0.3 is 16.1 Å². The lowest BCUT2D eigenvalue weighted by Crippen LogP contribution is -2.37. The van der Waals surface area contributed by atoms with Crippen LogP contribution in [0.4, 0.5) is 0 Å². The summed E-state index contributed by atoms with van der Waals surface area (Å²) in [5.41, 5.74) is 0.782. The van der Waals surface area contributed by atoms with Gasteiger partial charge in [0, 0.05) is 25.8 Å². The molecule has 1 saturated heterocycles. The first-order valence-electron chi connectivity index (χ1n) is 12.2. The normalized spacial score (nSPS) is 14.5. The highest BCUT2D eigenvalue weighted by atomic mass is 32.2. The second kappa shape index (κ2) is 11.3. The summed E-state index contributed by atoms with van der Waals surface area (Å²) >= 11 is 0. The van der Waals surface area contributed by atoms with E-state index >= 15 is 0 Å². The van der Waals surface area contributed by atoms with Crippen LogP contribution in [0, 0.1) is 0 Å². The van der Waals surface area contributed by atoms with Crippen molar-refractivity contribution >= 4 is 27.3 Å². The van der Waals surface area contributed by atoms with Crippen LogP contribution < -0.4 is 10.3 Å². The van der Waals surface area contributed by atoms with E-state index in [2.05, 4.69) is 29.1 Å². The molecule has 0 bridgehead atoms. The predicted molar refractivity (Wildman–Crippen MR) is 138 cm³/mol. The summed E-state index contributed by atoms with van der Waals surface area (Å²) in [6, 6.07) is 7.67. The molecule has 0 amide bonds. The van der Waals surface area contributed by atoms with Gasteiger partial charge in [-0.15, -0.1) is 0 Å². The molecule has 0 unspecified atom stereocenters. The van der Waals surface area contributed by atoms with Crippen molar-refractivity contribution in [2.75, 3.05) is 45.7 Å². The van der Waals surface area contributed by atoms with E-state index in [0.29, 0.717) is 18.8 Å². The van der Waals surface area contributed by atoms with Crippen LogP contribution in [-0.2, 0) is 25.6 Å². The molecule has 1 aliphatic rings. The van der Waals surface area contributed by atoms with Crippen LogP contribution >= 0.6 is 0 Å². The molecule has 5 rings (SSSR count). The van der Waals surface area contributed by atoms with E-state index in [4.69, 9.17) is 9.47 Å². The fraction of sp³-hybridized carbons (Fsp3) is 0.375. The topological polar surface area (TPSA) is 164 Å². The quantitative estimate of drug-likeness (QED) is 0.214. The molecule has 0 radical (unpaired) electrons. The van der Waals surface area contributed by atoms with E-state index in [1.807, 2.05) is 24.3 Å². The van der Waals surface area contributed by atoms with Crippen molar-refractivity contribution in [3.8, 4) is 11.7 Å². The number of ether oxygens (including phenoxy) is 2. The van der Waals surface area contributed by atoms with Crippen LogP contribution in [0.15, 0.2) is 47.8 Å². The van der Waals surface area contributed by atoms with E-state index < -0.39 is 21.6 Å². The van der Waals surface area contributed by atoms with Gasteiger partial charge in [0.1, 0.15) is 5.75 Å². The molecule has 1 aliphatic heterocycles. The molecule has 1 fully saturated rings. The fourth-order valence-corrected chi connectivity index (χ4v) is 4.46. The van der Waals surface area contributed by atoms with Gasteiger partial charge in [-0.2, -0.15) is 18.5 Å². The zero-order valence-corrected chi connectivity index (χ0v) is 22.0. The predicted octanol–water partition coefficient (Wildman–Crippen LogP) is 0.571. The van der Waals surface area contributed by atoms with Crippen molar-refractivity contribution in [2.45, 2.75) is 13.0 Å². The SMILES string of the molecule is CS(=O)(=O)OC(=O)c1cnn(-c2nc3c(ncn3Cc3ccc(OCCCN4CCOCC4)cc3)c(=O)[nH]2)c1. The lowest BCUT2D eigenvalue weighted by molar-refractivity contribution is 0.0358. The highest BCUT2D eigenvalue weighted by Crippen LogP contribution is 2.16. The standard InChI is InChI=1S/C24H27N7O7S/c1-39(34,35)38-23(33)18-13-26-31(15-18)24-27-21-20(22(32)28-24)25-16-30(21)14-17-3-5-19(6-4-17)37-10-2-7-29-8-11-36-12-9-29/h3-6,13,15-16H,2,7-12,14H2,1H3,(H,27,28,32). The maximum Gasteiger partial charge on any atom is 0.356 e. The van der Waals surface area contributed by atoms with Gasteiger partial charge in [0.2, 0.25) is 5.95 Å². The average molecular weight is 558 g/mol. The molecule has 0 saturated carbocycles. The van der Waals surface area contributed by atoms with E-state index in [-0.39, 0.29) is 17.0 Å². The Kier molecular flexibility index (Phi) is 7.72. The molecule has 14 nitrogen and oxygen atoms in total. The molecule has 15 heteroatoms. The number of aromatic amines is 1. The first-order valence-corrected chi connectivity index (χ1v) is 14.0. The van der Waals surface area contributed by atoms with Crippen LogP contribution in [0.1, 0.15) is 22.3 Å². The smallest absolute Gasteiger partial charge is 0.356 e. The number of imidazole rings is 1. The van der Waals surface area contributed by atoms with Crippen LogP contribution in [0.5, 0.6) is 5.75 Å². The van der Waals surface area contributed by atoms with Crippen molar-refractivity contribution in [3.63, 3.8) is 0 Å². The molecule has 0 spiro atoms. The lowest BCUT2D eigenvalue weighted by atomic mass is 10.2. The van der Waals surface area contributed by atoms with Crippen molar-refractivity contribution in [2.24, 2.45) is 0 Å². The minimum Gasteiger partial charge on any atom is -0.494 e. The Labute approximate surface area is 223 Å². The minimum absolute atomic E-state index is 0.0217. The van der Waals surface area contributed by atoms with Crippen molar-refractivity contribution in [1.82, 2.24) is 34.2 Å². The number of H-pyrrole nitrogens is 1. The van der Waals surface area contributed by atoms with Gasteiger partial charge in [-0.25, -0.2) is 14.5 Å².